The van der Waals surface area contributed by atoms with Gasteiger partial charge < -0.3 is 19.7 Å². The molecule has 1 aliphatic rings. The van der Waals surface area contributed by atoms with E-state index in [1.165, 1.54) is 0 Å². The lowest BCUT2D eigenvalue weighted by Gasteiger charge is -2.33. The normalized spacial score (nSPS) is 17.5. The van der Waals surface area contributed by atoms with E-state index in [4.69, 9.17) is 9.47 Å². The second-order valence-electron chi connectivity index (χ2n) is 5.42. The molecule has 1 amide bonds. The molecule has 2 rings (SSSR count). The summed E-state index contributed by atoms with van der Waals surface area (Å²) in [5.41, 5.74) is 0.635. The summed E-state index contributed by atoms with van der Waals surface area (Å²) in [5.74, 6) is 0.686. The summed E-state index contributed by atoms with van der Waals surface area (Å²) >= 11 is 0. The van der Waals surface area contributed by atoms with Crippen molar-refractivity contribution in [1.29, 1.82) is 0 Å². The third kappa shape index (κ3) is 5.68. The largest absolute Gasteiger partial charge is 0.490 e. The minimum atomic E-state index is 0. The van der Waals surface area contributed by atoms with Gasteiger partial charge in [-0.15, -0.1) is 12.4 Å². The molecule has 0 aromatic heterocycles. The molecule has 130 valence electrons. The smallest absolute Gasteiger partial charge is 0.257 e. The summed E-state index contributed by atoms with van der Waals surface area (Å²) in [6.45, 7) is 5.17. The Hall–Kier alpha value is -1.30. The van der Waals surface area contributed by atoms with Crippen molar-refractivity contribution in [3.63, 3.8) is 0 Å². The fraction of sp³-hybridized carbons (Fsp3) is 0.588. The molecular weight excluding hydrogens is 316 g/mol. The van der Waals surface area contributed by atoms with Crippen LogP contribution in [0.1, 0.15) is 30.1 Å². The molecule has 6 heteroatoms. The fourth-order valence-electron chi connectivity index (χ4n) is 2.69. The summed E-state index contributed by atoms with van der Waals surface area (Å²) in [4.78, 5) is 14.7. The number of piperidine rings is 1. The number of likely N-dealkylation sites (tertiary alicyclic amines) is 1. The van der Waals surface area contributed by atoms with Crippen LogP contribution in [0.5, 0.6) is 5.75 Å². The summed E-state index contributed by atoms with van der Waals surface area (Å²) in [5, 5.41) is 3.26. The SMILES string of the molecule is CCOCCOc1ccccc1C(=O)N1CCCC(NC)C1.Cl. The molecule has 1 unspecified atom stereocenters. The highest BCUT2D eigenvalue weighted by molar-refractivity contribution is 5.97. The van der Waals surface area contributed by atoms with Crippen molar-refractivity contribution >= 4 is 18.3 Å². The van der Waals surface area contributed by atoms with Gasteiger partial charge >= 0.3 is 0 Å². The van der Waals surface area contributed by atoms with Gasteiger partial charge in [0.1, 0.15) is 12.4 Å². The van der Waals surface area contributed by atoms with Gasteiger partial charge in [-0.25, -0.2) is 0 Å². The summed E-state index contributed by atoms with van der Waals surface area (Å²) in [6.07, 6.45) is 2.15. The molecule has 1 fully saturated rings. The van der Waals surface area contributed by atoms with Crippen molar-refractivity contribution in [2.24, 2.45) is 0 Å². The Labute approximate surface area is 144 Å². The maximum Gasteiger partial charge on any atom is 0.257 e. The summed E-state index contributed by atoms with van der Waals surface area (Å²) in [6, 6.07) is 7.82. The zero-order valence-electron chi connectivity index (χ0n) is 13.9. The lowest BCUT2D eigenvalue weighted by molar-refractivity contribution is 0.0689. The number of hydrogen-bond donors (Lipinski definition) is 1. The van der Waals surface area contributed by atoms with E-state index in [9.17, 15) is 4.79 Å². The Balaban J connectivity index is 0.00000264. The predicted octanol–water partition coefficient (Wildman–Crippen LogP) is 2.35. The number of halogens is 1. The first kappa shape index (κ1) is 19.7. The van der Waals surface area contributed by atoms with Crippen molar-refractivity contribution in [3.05, 3.63) is 29.8 Å². The molecule has 0 aliphatic carbocycles. The van der Waals surface area contributed by atoms with Crippen LogP contribution in [0, 0.1) is 0 Å². The average Bonchev–Trinajstić information content (AvgIpc) is 2.58. The van der Waals surface area contributed by atoms with Crippen LogP contribution >= 0.6 is 12.4 Å². The van der Waals surface area contributed by atoms with Crippen molar-refractivity contribution < 1.29 is 14.3 Å². The van der Waals surface area contributed by atoms with Crippen LogP contribution in [0.15, 0.2) is 24.3 Å². The van der Waals surface area contributed by atoms with Crippen molar-refractivity contribution in [1.82, 2.24) is 10.2 Å². The quantitative estimate of drug-likeness (QED) is 0.773. The number of likely N-dealkylation sites (N-methyl/N-ethyl adjacent to an activating group) is 1. The Morgan fingerprint density at radius 3 is 2.87 bits per heavy atom. The third-order valence-corrected chi connectivity index (χ3v) is 3.92. The molecular formula is C17H27ClN2O3. The first-order chi connectivity index (χ1) is 10.8. The molecule has 0 saturated carbocycles. The van der Waals surface area contributed by atoms with Crippen LogP contribution < -0.4 is 10.1 Å². The van der Waals surface area contributed by atoms with E-state index in [0.717, 1.165) is 25.9 Å². The van der Waals surface area contributed by atoms with E-state index in [-0.39, 0.29) is 18.3 Å². The zero-order valence-corrected chi connectivity index (χ0v) is 14.7. The molecule has 1 heterocycles. The number of nitrogens with zero attached hydrogens (tertiary/aromatic N) is 1. The summed E-state index contributed by atoms with van der Waals surface area (Å²) < 4.78 is 11.0. The van der Waals surface area contributed by atoms with E-state index in [0.29, 0.717) is 37.2 Å². The van der Waals surface area contributed by atoms with Crippen molar-refractivity contribution in [2.75, 3.05) is 40.0 Å². The number of para-hydroxylation sites is 1. The topological polar surface area (TPSA) is 50.8 Å². The van der Waals surface area contributed by atoms with E-state index in [1.807, 2.05) is 43.1 Å². The number of nitrogens with one attached hydrogen (secondary N) is 1. The third-order valence-electron chi connectivity index (χ3n) is 3.92. The van der Waals surface area contributed by atoms with E-state index in [2.05, 4.69) is 5.32 Å². The minimum absolute atomic E-state index is 0. The average molecular weight is 343 g/mol. The van der Waals surface area contributed by atoms with E-state index < -0.39 is 0 Å². The Morgan fingerprint density at radius 2 is 2.13 bits per heavy atom. The molecule has 1 aromatic rings. The second kappa shape index (κ2) is 10.5. The molecule has 23 heavy (non-hydrogen) atoms. The number of rotatable bonds is 7. The van der Waals surface area contributed by atoms with Gasteiger partial charge in [0.25, 0.3) is 5.91 Å². The number of hydrogen-bond acceptors (Lipinski definition) is 4. The van der Waals surface area contributed by atoms with E-state index in [1.54, 1.807) is 0 Å². The molecule has 0 bridgehead atoms. The Bertz CT molecular complexity index is 485. The second-order valence-corrected chi connectivity index (χ2v) is 5.42. The maximum absolute atomic E-state index is 12.8. The number of carbonyl (C=O) groups excluding carboxylic acids is 1. The molecule has 1 N–H and O–H groups in total. The maximum atomic E-state index is 12.8. The first-order valence-corrected chi connectivity index (χ1v) is 8.02. The summed E-state index contributed by atoms with van der Waals surface area (Å²) in [7, 11) is 1.95. The first-order valence-electron chi connectivity index (χ1n) is 8.02. The number of carbonyl (C=O) groups is 1. The van der Waals surface area contributed by atoms with Crippen LogP contribution in [0.3, 0.4) is 0 Å². The van der Waals surface area contributed by atoms with Gasteiger partial charge in [-0.05, 0) is 38.9 Å². The number of amides is 1. The van der Waals surface area contributed by atoms with Gasteiger partial charge in [-0.2, -0.15) is 0 Å². The number of ether oxygens (including phenoxy) is 2. The Kier molecular flexibility index (Phi) is 8.99. The number of benzene rings is 1. The minimum Gasteiger partial charge on any atom is -0.490 e. The van der Waals surface area contributed by atoms with Gasteiger partial charge in [0.15, 0.2) is 0 Å². The van der Waals surface area contributed by atoms with Crippen molar-refractivity contribution in [2.45, 2.75) is 25.8 Å². The van der Waals surface area contributed by atoms with Gasteiger partial charge in [0.2, 0.25) is 0 Å². The zero-order chi connectivity index (χ0) is 15.8. The highest BCUT2D eigenvalue weighted by Crippen LogP contribution is 2.22. The standard InChI is InChI=1S/C17H26N2O3.ClH/c1-3-21-11-12-22-16-9-5-4-8-15(16)17(20)19-10-6-7-14(13-19)18-2;/h4-5,8-9,14,18H,3,6-7,10-13H2,1-2H3;1H. The monoisotopic (exact) mass is 342 g/mol. The lowest BCUT2D eigenvalue weighted by Crippen LogP contribution is -2.47. The highest BCUT2D eigenvalue weighted by atomic mass is 35.5. The van der Waals surface area contributed by atoms with Crippen LogP contribution in [0.2, 0.25) is 0 Å². The molecule has 5 nitrogen and oxygen atoms in total. The van der Waals surface area contributed by atoms with Crippen molar-refractivity contribution in [3.8, 4) is 5.75 Å². The Morgan fingerprint density at radius 1 is 1.35 bits per heavy atom. The highest BCUT2D eigenvalue weighted by Gasteiger charge is 2.25. The van der Waals surface area contributed by atoms with Crippen LogP contribution in [0.25, 0.3) is 0 Å². The fourth-order valence-corrected chi connectivity index (χ4v) is 2.69. The van der Waals surface area contributed by atoms with Gasteiger partial charge in [0, 0.05) is 25.7 Å². The van der Waals surface area contributed by atoms with Crippen LogP contribution in [0.4, 0.5) is 0 Å². The van der Waals surface area contributed by atoms with Crippen LogP contribution in [-0.4, -0.2) is 56.8 Å². The van der Waals surface area contributed by atoms with E-state index >= 15 is 0 Å². The molecule has 1 saturated heterocycles. The molecule has 1 atom stereocenters. The van der Waals surface area contributed by atoms with Gasteiger partial charge in [-0.1, -0.05) is 12.1 Å². The van der Waals surface area contributed by atoms with Crippen LogP contribution in [-0.2, 0) is 4.74 Å². The molecule has 0 radical (unpaired) electrons. The lowest BCUT2D eigenvalue weighted by atomic mass is 10.0. The molecule has 0 spiro atoms. The molecule has 1 aromatic carbocycles. The predicted molar refractivity (Wildman–Crippen MR) is 93.7 cm³/mol. The molecule has 1 aliphatic heterocycles. The van der Waals surface area contributed by atoms with Gasteiger partial charge in [-0.3, -0.25) is 4.79 Å². The van der Waals surface area contributed by atoms with Gasteiger partial charge in [0.05, 0.1) is 12.2 Å².